The number of likely N-dealkylation sites (N-methyl/N-ethyl adjacent to an activating group) is 1. The van der Waals surface area contributed by atoms with Crippen LogP contribution < -0.4 is 0 Å². The highest BCUT2D eigenvalue weighted by Gasteiger charge is 2.27. The molecule has 0 aromatic carbocycles. The first-order chi connectivity index (χ1) is 5.72. The zero-order valence-electron chi connectivity index (χ0n) is 7.96. The van der Waals surface area contributed by atoms with E-state index in [0.717, 1.165) is 12.5 Å². The molecule has 0 spiro atoms. The molecule has 0 N–H and O–H groups in total. The summed E-state index contributed by atoms with van der Waals surface area (Å²) in [7, 11) is 2.17. The molecule has 0 amide bonds. The summed E-state index contributed by atoms with van der Waals surface area (Å²) in [4.78, 5) is 2.35. The van der Waals surface area contributed by atoms with Gasteiger partial charge in [-0.05, 0) is 32.7 Å². The van der Waals surface area contributed by atoms with Crippen molar-refractivity contribution in [3.05, 3.63) is 12.2 Å². The third-order valence-corrected chi connectivity index (χ3v) is 2.76. The summed E-state index contributed by atoms with van der Waals surface area (Å²) in [6.07, 6.45) is 6.71. The van der Waals surface area contributed by atoms with Crippen LogP contribution in [-0.4, -0.2) is 30.4 Å². The van der Waals surface area contributed by atoms with E-state index in [0.29, 0.717) is 5.38 Å². The van der Waals surface area contributed by atoms with Crippen molar-refractivity contribution in [2.24, 2.45) is 5.92 Å². The molecule has 1 saturated carbocycles. The van der Waals surface area contributed by atoms with Crippen LogP contribution in [0, 0.1) is 5.92 Å². The van der Waals surface area contributed by atoms with E-state index < -0.39 is 0 Å². The van der Waals surface area contributed by atoms with Crippen LogP contribution in [0.2, 0.25) is 0 Å². The molecule has 2 heteroatoms. The van der Waals surface area contributed by atoms with Gasteiger partial charge in [-0.15, -0.1) is 11.6 Å². The summed E-state index contributed by atoms with van der Waals surface area (Å²) in [6.45, 7) is 4.33. The van der Waals surface area contributed by atoms with Gasteiger partial charge in [-0.25, -0.2) is 0 Å². The lowest BCUT2D eigenvalue weighted by atomic mass is 9.84. The fourth-order valence-electron chi connectivity index (χ4n) is 1.60. The second kappa shape index (κ2) is 4.88. The van der Waals surface area contributed by atoms with Crippen molar-refractivity contribution in [1.29, 1.82) is 0 Å². The van der Waals surface area contributed by atoms with Gasteiger partial charge in [-0.2, -0.15) is 0 Å². The molecule has 0 aromatic heterocycles. The van der Waals surface area contributed by atoms with E-state index in [-0.39, 0.29) is 0 Å². The van der Waals surface area contributed by atoms with E-state index in [2.05, 4.69) is 31.0 Å². The zero-order chi connectivity index (χ0) is 8.97. The molecule has 1 nitrogen and oxygen atoms in total. The highest BCUT2D eigenvalue weighted by molar-refractivity contribution is 6.21. The Morgan fingerprint density at radius 1 is 1.50 bits per heavy atom. The first kappa shape index (κ1) is 10.1. The average Bonchev–Trinajstić information content (AvgIpc) is 1.98. The predicted molar refractivity (Wildman–Crippen MR) is 54.7 cm³/mol. The number of rotatable bonds is 4. The van der Waals surface area contributed by atoms with E-state index in [4.69, 9.17) is 11.6 Å². The fraction of sp³-hybridized carbons (Fsp3) is 0.800. The Labute approximate surface area is 80.4 Å². The van der Waals surface area contributed by atoms with Crippen LogP contribution in [-0.2, 0) is 0 Å². The molecule has 0 unspecified atom stereocenters. The molecule has 70 valence electrons. The number of allylic oxidation sites excluding steroid dienone is 1. The minimum absolute atomic E-state index is 0.463. The molecule has 0 atom stereocenters. The lowest BCUT2D eigenvalue weighted by Crippen LogP contribution is -2.34. The standard InChI is InChI=1S/C10H18ClN/c1-3-4-5-12(2)8-9-6-10(11)7-9/h3-4,9-10H,5-8H2,1-2H3/b4-3+. The topological polar surface area (TPSA) is 3.24 Å². The first-order valence-corrected chi connectivity index (χ1v) is 5.09. The normalized spacial score (nSPS) is 29.7. The number of hydrogen-bond acceptors (Lipinski definition) is 1. The van der Waals surface area contributed by atoms with Crippen LogP contribution in [0.3, 0.4) is 0 Å². The van der Waals surface area contributed by atoms with Gasteiger partial charge in [0.2, 0.25) is 0 Å². The second-order valence-electron chi connectivity index (χ2n) is 3.72. The molecule has 0 aromatic rings. The Morgan fingerprint density at radius 2 is 2.17 bits per heavy atom. The maximum Gasteiger partial charge on any atom is 0.0342 e. The summed E-state index contributed by atoms with van der Waals surface area (Å²) in [5.41, 5.74) is 0. The van der Waals surface area contributed by atoms with E-state index in [1.165, 1.54) is 19.4 Å². The van der Waals surface area contributed by atoms with Gasteiger partial charge in [-0.1, -0.05) is 12.2 Å². The third-order valence-electron chi connectivity index (χ3n) is 2.40. The van der Waals surface area contributed by atoms with Crippen LogP contribution in [0.1, 0.15) is 19.8 Å². The Hall–Kier alpha value is -0.0100. The lowest BCUT2D eigenvalue weighted by Gasteiger charge is -2.33. The van der Waals surface area contributed by atoms with Crippen molar-refractivity contribution in [1.82, 2.24) is 4.90 Å². The van der Waals surface area contributed by atoms with Gasteiger partial charge >= 0.3 is 0 Å². The molecule has 1 rings (SSSR count). The SMILES string of the molecule is C/C=C/CN(C)CC1CC(Cl)C1. The average molecular weight is 188 g/mol. The van der Waals surface area contributed by atoms with Gasteiger partial charge < -0.3 is 4.90 Å². The summed E-state index contributed by atoms with van der Waals surface area (Å²) in [6, 6.07) is 0. The zero-order valence-corrected chi connectivity index (χ0v) is 8.72. The summed E-state index contributed by atoms with van der Waals surface area (Å²) < 4.78 is 0. The minimum atomic E-state index is 0.463. The van der Waals surface area contributed by atoms with E-state index in [9.17, 15) is 0 Å². The minimum Gasteiger partial charge on any atom is -0.302 e. The van der Waals surface area contributed by atoms with Gasteiger partial charge in [0.15, 0.2) is 0 Å². The van der Waals surface area contributed by atoms with Gasteiger partial charge in [0.05, 0.1) is 0 Å². The largest absolute Gasteiger partial charge is 0.302 e. The molecular formula is C10H18ClN. The lowest BCUT2D eigenvalue weighted by molar-refractivity contribution is 0.222. The molecule has 0 aliphatic heterocycles. The van der Waals surface area contributed by atoms with Crippen molar-refractivity contribution in [3.8, 4) is 0 Å². The van der Waals surface area contributed by atoms with Crippen molar-refractivity contribution in [2.75, 3.05) is 20.1 Å². The first-order valence-electron chi connectivity index (χ1n) is 4.66. The number of nitrogens with zero attached hydrogens (tertiary/aromatic N) is 1. The van der Waals surface area contributed by atoms with E-state index in [1.54, 1.807) is 0 Å². The molecule has 1 fully saturated rings. The van der Waals surface area contributed by atoms with Crippen LogP contribution in [0.5, 0.6) is 0 Å². The summed E-state index contributed by atoms with van der Waals surface area (Å²) in [5, 5.41) is 0.463. The monoisotopic (exact) mass is 187 g/mol. The van der Waals surface area contributed by atoms with Gasteiger partial charge in [0.1, 0.15) is 0 Å². The smallest absolute Gasteiger partial charge is 0.0342 e. The number of hydrogen-bond donors (Lipinski definition) is 0. The van der Waals surface area contributed by atoms with Crippen molar-refractivity contribution >= 4 is 11.6 Å². The van der Waals surface area contributed by atoms with Crippen molar-refractivity contribution < 1.29 is 0 Å². The molecule has 12 heavy (non-hydrogen) atoms. The Morgan fingerprint density at radius 3 is 2.67 bits per heavy atom. The maximum absolute atomic E-state index is 5.90. The number of halogens is 1. The molecular weight excluding hydrogens is 170 g/mol. The van der Waals surface area contributed by atoms with Crippen LogP contribution in [0.15, 0.2) is 12.2 Å². The predicted octanol–water partition coefficient (Wildman–Crippen LogP) is 2.51. The third kappa shape index (κ3) is 3.16. The van der Waals surface area contributed by atoms with Crippen molar-refractivity contribution in [2.45, 2.75) is 25.1 Å². The Bertz CT molecular complexity index is 150. The molecule has 0 heterocycles. The molecule has 0 bridgehead atoms. The molecule has 1 aliphatic carbocycles. The fourth-order valence-corrected chi connectivity index (χ4v) is 2.11. The summed E-state index contributed by atoms with van der Waals surface area (Å²) >= 11 is 5.90. The highest BCUT2D eigenvalue weighted by Crippen LogP contribution is 2.32. The molecule has 0 radical (unpaired) electrons. The van der Waals surface area contributed by atoms with Crippen LogP contribution >= 0.6 is 11.6 Å². The van der Waals surface area contributed by atoms with E-state index in [1.807, 2.05) is 0 Å². The number of alkyl halides is 1. The van der Waals surface area contributed by atoms with E-state index >= 15 is 0 Å². The van der Waals surface area contributed by atoms with Crippen LogP contribution in [0.25, 0.3) is 0 Å². The quantitative estimate of drug-likeness (QED) is 0.483. The van der Waals surface area contributed by atoms with Crippen molar-refractivity contribution in [3.63, 3.8) is 0 Å². The highest BCUT2D eigenvalue weighted by atomic mass is 35.5. The Kier molecular flexibility index (Phi) is 4.10. The molecule has 1 aliphatic rings. The van der Waals surface area contributed by atoms with Gasteiger partial charge in [0, 0.05) is 18.5 Å². The van der Waals surface area contributed by atoms with Crippen LogP contribution in [0.4, 0.5) is 0 Å². The maximum atomic E-state index is 5.90. The molecule has 0 saturated heterocycles. The second-order valence-corrected chi connectivity index (χ2v) is 4.34. The summed E-state index contributed by atoms with van der Waals surface area (Å²) in [5.74, 6) is 0.850. The van der Waals surface area contributed by atoms with Gasteiger partial charge in [0.25, 0.3) is 0 Å². The van der Waals surface area contributed by atoms with Gasteiger partial charge in [-0.3, -0.25) is 0 Å². The Balaban J connectivity index is 2.06.